The predicted octanol–water partition coefficient (Wildman–Crippen LogP) is -3.39. The van der Waals surface area contributed by atoms with Gasteiger partial charge in [-0.1, -0.05) is 0 Å². The molecule has 0 aliphatic carbocycles. The van der Waals surface area contributed by atoms with Crippen LogP contribution in [0.15, 0.2) is 0 Å². The molecular formula is C2H4CuN2O6. The Morgan fingerprint density at radius 1 is 1.00 bits per heavy atom. The van der Waals surface area contributed by atoms with Gasteiger partial charge in [-0.15, -0.1) is 0 Å². The van der Waals surface area contributed by atoms with Crippen molar-refractivity contribution in [3.05, 3.63) is 0 Å². The van der Waals surface area contributed by atoms with E-state index in [0.29, 0.717) is 0 Å². The van der Waals surface area contributed by atoms with Crippen LogP contribution in [-0.2, 0) is 17.1 Å². The molecule has 8 nitrogen and oxygen atoms in total. The molecule has 2 amide bonds. The predicted molar refractivity (Wildman–Crippen MR) is 20.6 cm³/mol. The summed E-state index contributed by atoms with van der Waals surface area (Å²) in [7, 11) is 0. The number of carboxylic acid groups (broad SMARTS) is 2. The van der Waals surface area contributed by atoms with E-state index in [1.54, 1.807) is 0 Å². The first-order valence-electron chi connectivity index (χ1n) is 1.76. The van der Waals surface area contributed by atoms with Gasteiger partial charge in [-0.05, 0) is 0 Å². The number of hydrogen-bond acceptors (Lipinski definition) is 6. The molecule has 1 radical (unpaired) electrons. The fourth-order valence-electron chi connectivity index (χ4n) is 0. The minimum Gasteiger partial charge on any atom is -0.529 e. The summed E-state index contributed by atoms with van der Waals surface area (Å²) in [5.41, 5.74) is 1.67. The summed E-state index contributed by atoms with van der Waals surface area (Å²) in [6, 6.07) is 0. The Balaban J connectivity index is -0.000000107. The molecule has 0 saturated carbocycles. The van der Waals surface area contributed by atoms with Gasteiger partial charge in [0.15, 0.2) is 12.2 Å². The second kappa shape index (κ2) is 11.7. The number of nitrogens with one attached hydrogen (secondary N) is 2. The average Bonchev–Trinajstić information content (AvgIpc) is 1.89. The van der Waals surface area contributed by atoms with Gasteiger partial charge in [0.25, 0.3) is 0 Å². The van der Waals surface area contributed by atoms with Gasteiger partial charge in [0.2, 0.25) is 0 Å². The minimum atomic E-state index is -1.69. The van der Waals surface area contributed by atoms with E-state index in [4.69, 9.17) is 30.2 Å². The van der Waals surface area contributed by atoms with Crippen LogP contribution in [0.3, 0.4) is 0 Å². The fourth-order valence-corrected chi connectivity index (χ4v) is 0. The molecule has 0 saturated heterocycles. The quantitative estimate of drug-likeness (QED) is 0.188. The maximum atomic E-state index is 8.90. The summed E-state index contributed by atoms with van der Waals surface area (Å²) in [6.45, 7) is 0. The van der Waals surface area contributed by atoms with Crippen LogP contribution in [-0.4, -0.2) is 22.6 Å². The van der Waals surface area contributed by atoms with Crippen LogP contribution in [0.5, 0.6) is 0 Å². The summed E-state index contributed by atoms with van der Waals surface area (Å²) < 4.78 is 0. The molecule has 0 fully saturated rings. The van der Waals surface area contributed by atoms with Crippen molar-refractivity contribution in [1.82, 2.24) is 11.0 Å². The van der Waals surface area contributed by atoms with Gasteiger partial charge in [0.1, 0.15) is 0 Å². The summed E-state index contributed by atoms with van der Waals surface area (Å²) in [6.07, 6.45) is -3.38. The van der Waals surface area contributed by atoms with Crippen LogP contribution < -0.4 is 21.2 Å². The maximum Gasteiger partial charge on any atom is 2.00 e. The van der Waals surface area contributed by atoms with Gasteiger partial charge in [0.05, 0.1) is 0 Å². The van der Waals surface area contributed by atoms with E-state index in [-0.39, 0.29) is 17.1 Å². The van der Waals surface area contributed by atoms with Crippen molar-refractivity contribution in [3.8, 4) is 0 Å². The maximum absolute atomic E-state index is 8.90. The topological polar surface area (TPSA) is 145 Å². The SMILES string of the molecule is O=C([O-])NO.O=C([O-])NO.[Cu+2]. The number of carbonyl (C=O) groups excluding carboxylic acids is 2. The molecule has 0 rings (SSSR count). The zero-order valence-electron chi connectivity index (χ0n) is 4.83. The Hall–Kier alpha value is -1.02. The van der Waals surface area contributed by atoms with Crippen molar-refractivity contribution >= 4 is 12.2 Å². The molecule has 0 aliphatic rings. The Morgan fingerprint density at radius 2 is 1.09 bits per heavy atom. The van der Waals surface area contributed by atoms with Gasteiger partial charge in [-0.2, -0.15) is 0 Å². The number of amides is 2. The zero-order chi connectivity index (χ0) is 8.57. The van der Waals surface area contributed by atoms with Gasteiger partial charge < -0.3 is 19.8 Å². The van der Waals surface area contributed by atoms with E-state index < -0.39 is 12.2 Å². The molecule has 0 unspecified atom stereocenters. The van der Waals surface area contributed by atoms with Gasteiger partial charge >= 0.3 is 17.1 Å². The molecule has 0 aromatic heterocycles. The van der Waals surface area contributed by atoms with Crippen molar-refractivity contribution in [2.24, 2.45) is 0 Å². The smallest absolute Gasteiger partial charge is 0.529 e. The van der Waals surface area contributed by atoms with Crippen LogP contribution in [0, 0.1) is 0 Å². The van der Waals surface area contributed by atoms with E-state index in [2.05, 4.69) is 0 Å². The summed E-state index contributed by atoms with van der Waals surface area (Å²) >= 11 is 0. The molecule has 11 heavy (non-hydrogen) atoms. The molecule has 69 valence electrons. The first-order chi connectivity index (χ1) is 4.54. The van der Waals surface area contributed by atoms with Crippen LogP contribution in [0.2, 0.25) is 0 Å². The average molecular weight is 216 g/mol. The fraction of sp³-hybridized carbons (Fsp3) is 0. The third-order valence-electron chi connectivity index (χ3n) is 0.183. The van der Waals surface area contributed by atoms with Crippen LogP contribution >= 0.6 is 0 Å². The molecule has 9 heteroatoms. The van der Waals surface area contributed by atoms with Crippen molar-refractivity contribution in [1.29, 1.82) is 0 Å². The van der Waals surface area contributed by atoms with Crippen molar-refractivity contribution in [2.45, 2.75) is 0 Å². The standard InChI is InChI=1S/2CH3NO3.Cu/c2*3-1(4)2-5;/h2*2,5H,(H,3,4);/q;;+2/p-2. The number of carbonyl (C=O) groups is 2. The van der Waals surface area contributed by atoms with E-state index in [1.807, 2.05) is 0 Å². The second-order valence-corrected chi connectivity index (χ2v) is 0.799. The summed E-state index contributed by atoms with van der Waals surface area (Å²) in [5, 5.41) is 32.3. The van der Waals surface area contributed by atoms with E-state index in [1.165, 1.54) is 0 Å². The Kier molecular flexibility index (Phi) is 17.6. The second-order valence-electron chi connectivity index (χ2n) is 0.799. The molecule has 0 aromatic rings. The van der Waals surface area contributed by atoms with Gasteiger partial charge in [0, 0.05) is 0 Å². The Labute approximate surface area is 71.2 Å². The van der Waals surface area contributed by atoms with Gasteiger partial charge in [-0.25, -0.2) is 0 Å². The number of rotatable bonds is 0. The van der Waals surface area contributed by atoms with E-state index in [9.17, 15) is 0 Å². The molecular weight excluding hydrogens is 212 g/mol. The normalized spacial score (nSPS) is 6.00. The zero-order valence-corrected chi connectivity index (χ0v) is 5.77. The van der Waals surface area contributed by atoms with Crippen LogP contribution in [0.25, 0.3) is 0 Å². The third kappa shape index (κ3) is 49.3. The largest absolute Gasteiger partial charge is 2.00 e. The Bertz CT molecular complexity index is 103. The Morgan fingerprint density at radius 3 is 1.09 bits per heavy atom. The van der Waals surface area contributed by atoms with Crippen molar-refractivity contribution in [3.63, 3.8) is 0 Å². The first kappa shape index (κ1) is 16.5. The molecule has 0 spiro atoms. The monoisotopic (exact) mass is 215 g/mol. The molecule has 4 N–H and O–H groups in total. The molecule has 0 aromatic carbocycles. The minimum absolute atomic E-state index is 0. The first-order valence-corrected chi connectivity index (χ1v) is 1.76. The van der Waals surface area contributed by atoms with E-state index in [0.717, 1.165) is 11.0 Å². The third-order valence-corrected chi connectivity index (χ3v) is 0.183. The van der Waals surface area contributed by atoms with Crippen LogP contribution in [0.1, 0.15) is 0 Å². The summed E-state index contributed by atoms with van der Waals surface area (Å²) in [4.78, 5) is 17.8. The molecule has 0 atom stereocenters. The number of hydroxylamine groups is 2. The van der Waals surface area contributed by atoms with E-state index >= 15 is 0 Å². The summed E-state index contributed by atoms with van der Waals surface area (Å²) in [5.74, 6) is 0. The molecule has 0 heterocycles. The molecule has 0 bridgehead atoms. The van der Waals surface area contributed by atoms with Crippen molar-refractivity contribution < 1.29 is 47.3 Å². The molecule has 0 aliphatic heterocycles. The van der Waals surface area contributed by atoms with Gasteiger partial charge in [-0.3, -0.25) is 21.4 Å². The van der Waals surface area contributed by atoms with Crippen LogP contribution in [0.4, 0.5) is 9.59 Å². The van der Waals surface area contributed by atoms with Crippen molar-refractivity contribution in [2.75, 3.05) is 0 Å². The number of hydrogen-bond donors (Lipinski definition) is 4.